The molecule has 0 unspecified atom stereocenters. The number of rotatable bonds is 5. The third-order valence-electron chi connectivity index (χ3n) is 4.31. The van der Waals surface area contributed by atoms with Crippen molar-refractivity contribution >= 4 is 40.0 Å². The highest BCUT2D eigenvalue weighted by atomic mass is 32.1. The van der Waals surface area contributed by atoms with E-state index in [4.69, 9.17) is 4.74 Å². The lowest BCUT2D eigenvalue weighted by molar-refractivity contribution is -0.114. The summed E-state index contributed by atoms with van der Waals surface area (Å²) in [5.41, 5.74) is 1.74. The van der Waals surface area contributed by atoms with E-state index in [-0.39, 0.29) is 19.1 Å². The molecular weight excluding hydrogens is 368 g/mol. The van der Waals surface area contributed by atoms with Gasteiger partial charge in [0.2, 0.25) is 5.91 Å². The van der Waals surface area contributed by atoms with Crippen molar-refractivity contribution in [2.75, 3.05) is 18.5 Å². The molecule has 3 amide bonds. The second-order valence-electron chi connectivity index (χ2n) is 6.11. The second-order valence-corrected chi connectivity index (χ2v) is 7.34. The molecule has 0 aliphatic carbocycles. The molecule has 2 heterocycles. The summed E-state index contributed by atoms with van der Waals surface area (Å²) in [4.78, 5) is 50.4. The van der Waals surface area contributed by atoms with Crippen molar-refractivity contribution in [2.24, 2.45) is 0 Å². The van der Waals surface area contributed by atoms with Crippen LogP contribution in [0.25, 0.3) is 0 Å². The second kappa shape index (κ2) is 7.32. The number of imide groups is 1. The summed E-state index contributed by atoms with van der Waals surface area (Å²) in [6, 6.07) is 6.58. The molecule has 1 aromatic heterocycles. The first-order valence-electron chi connectivity index (χ1n) is 8.31. The summed E-state index contributed by atoms with van der Waals surface area (Å²) in [7, 11) is 0. The van der Waals surface area contributed by atoms with Crippen LogP contribution in [0.3, 0.4) is 0 Å². The summed E-state index contributed by atoms with van der Waals surface area (Å²) in [5.74, 6) is -1.67. The van der Waals surface area contributed by atoms with E-state index < -0.39 is 17.8 Å². The van der Waals surface area contributed by atoms with E-state index in [9.17, 15) is 19.2 Å². The van der Waals surface area contributed by atoms with Crippen LogP contribution in [-0.2, 0) is 9.53 Å². The summed E-state index contributed by atoms with van der Waals surface area (Å²) in [5, 5.41) is 3.07. The molecule has 0 radical (unpaired) electrons. The smallest absolute Gasteiger partial charge is 0.341 e. The molecule has 1 aliphatic heterocycles. The van der Waals surface area contributed by atoms with Crippen LogP contribution in [0.15, 0.2) is 24.3 Å². The maximum Gasteiger partial charge on any atom is 0.341 e. The number of fused-ring (bicyclic) bond motifs is 1. The molecule has 0 spiro atoms. The molecule has 8 heteroatoms. The Morgan fingerprint density at radius 1 is 1.11 bits per heavy atom. The summed E-state index contributed by atoms with van der Waals surface area (Å²) in [6.45, 7) is 4.83. The van der Waals surface area contributed by atoms with Crippen LogP contribution in [0.2, 0.25) is 0 Å². The maximum atomic E-state index is 12.5. The van der Waals surface area contributed by atoms with Gasteiger partial charge in [0.25, 0.3) is 11.8 Å². The first-order valence-corrected chi connectivity index (χ1v) is 9.12. The third-order valence-corrected chi connectivity index (χ3v) is 5.43. The number of nitrogens with zero attached hydrogens (tertiary/aromatic N) is 1. The summed E-state index contributed by atoms with van der Waals surface area (Å²) < 4.78 is 5.27. The minimum atomic E-state index is -0.600. The number of hydrogen-bond acceptors (Lipinski definition) is 6. The zero-order valence-electron chi connectivity index (χ0n) is 15.1. The molecule has 1 aromatic carbocycles. The fourth-order valence-corrected chi connectivity index (χ4v) is 3.96. The molecule has 140 valence electrons. The number of carbonyl (C=O) groups is 4. The minimum absolute atomic E-state index is 0.0320. The Morgan fingerprint density at radius 2 is 1.70 bits per heavy atom. The molecule has 1 N–H and O–H groups in total. The maximum absolute atomic E-state index is 12.5. The van der Waals surface area contributed by atoms with Gasteiger partial charge in [-0.2, -0.15) is 0 Å². The zero-order chi connectivity index (χ0) is 19.7. The predicted octanol–water partition coefficient (Wildman–Crippen LogP) is 2.78. The number of esters is 1. The largest absolute Gasteiger partial charge is 0.460 e. The van der Waals surface area contributed by atoms with Crippen LogP contribution in [0, 0.1) is 13.8 Å². The van der Waals surface area contributed by atoms with Crippen molar-refractivity contribution in [1.82, 2.24) is 4.90 Å². The highest BCUT2D eigenvalue weighted by Gasteiger charge is 2.35. The number of nitrogens with one attached hydrogen (secondary N) is 1. The quantitative estimate of drug-likeness (QED) is 0.630. The van der Waals surface area contributed by atoms with Gasteiger partial charge < -0.3 is 10.1 Å². The molecule has 0 saturated heterocycles. The lowest BCUT2D eigenvalue weighted by Crippen LogP contribution is -2.33. The van der Waals surface area contributed by atoms with E-state index in [1.54, 1.807) is 31.2 Å². The standard InChI is InChI=1S/C19H18N2O5S/c1-10-11(2)27-16(20-12(3)22)15(10)19(25)26-9-8-21-17(23)13-6-4-5-7-14(13)18(21)24/h4-7H,8-9H2,1-3H3,(H,20,22). The van der Waals surface area contributed by atoms with E-state index in [0.29, 0.717) is 21.7 Å². The van der Waals surface area contributed by atoms with E-state index in [1.807, 2.05) is 6.92 Å². The van der Waals surface area contributed by atoms with Crippen LogP contribution in [0.5, 0.6) is 0 Å². The van der Waals surface area contributed by atoms with Gasteiger partial charge in [0.15, 0.2) is 0 Å². The number of amides is 3. The molecule has 3 rings (SSSR count). The van der Waals surface area contributed by atoms with Crippen molar-refractivity contribution in [1.29, 1.82) is 0 Å². The SMILES string of the molecule is CC(=O)Nc1sc(C)c(C)c1C(=O)OCCN1C(=O)c2ccccc2C1=O. The number of anilines is 1. The number of benzene rings is 1. The number of ether oxygens (including phenoxy) is 1. The average Bonchev–Trinajstić information content (AvgIpc) is 3.03. The van der Waals surface area contributed by atoms with Gasteiger partial charge in [-0.1, -0.05) is 12.1 Å². The highest BCUT2D eigenvalue weighted by molar-refractivity contribution is 7.16. The monoisotopic (exact) mass is 386 g/mol. The lowest BCUT2D eigenvalue weighted by atomic mass is 10.1. The van der Waals surface area contributed by atoms with Crippen molar-refractivity contribution in [3.05, 3.63) is 51.4 Å². The fraction of sp³-hybridized carbons (Fsp3) is 0.263. The topological polar surface area (TPSA) is 92.8 Å². The van der Waals surface area contributed by atoms with Gasteiger partial charge in [-0.3, -0.25) is 19.3 Å². The van der Waals surface area contributed by atoms with Crippen LogP contribution < -0.4 is 5.32 Å². The Hall–Kier alpha value is -3.00. The Kier molecular flexibility index (Phi) is 5.09. The van der Waals surface area contributed by atoms with E-state index >= 15 is 0 Å². The number of thiophene rings is 1. The number of hydrogen-bond donors (Lipinski definition) is 1. The average molecular weight is 386 g/mol. The Morgan fingerprint density at radius 3 is 2.26 bits per heavy atom. The van der Waals surface area contributed by atoms with Gasteiger partial charge >= 0.3 is 5.97 Å². The van der Waals surface area contributed by atoms with Crippen LogP contribution >= 0.6 is 11.3 Å². The van der Waals surface area contributed by atoms with Gasteiger partial charge in [0.1, 0.15) is 11.6 Å². The number of carbonyl (C=O) groups excluding carboxylic acids is 4. The molecule has 1 aliphatic rings. The van der Waals surface area contributed by atoms with Crippen molar-refractivity contribution in [3.63, 3.8) is 0 Å². The van der Waals surface area contributed by atoms with Crippen LogP contribution in [0.1, 0.15) is 48.4 Å². The first-order chi connectivity index (χ1) is 12.8. The van der Waals surface area contributed by atoms with Gasteiger partial charge in [-0.05, 0) is 31.5 Å². The highest BCUT2D eigenvalue weighted by Crippen LogP contribution is 2.33. The summed E-state index contributed by atoms with van der Waals surface area (Å²) >= 11 is 1.30. The normalized spacial score (nSPS) is 12.9. The first kappa shape index (κ1) is 18.8. The molecule has 27 heavy (non-hydrogen) atoms. The van der Waals surface area contributed by atoms with E-state index in [0.717, 1.165) is 15.3 Å². The van der Waals surface area contributed by atoms with Gasteiger partial charge in [0, 0.05) is 11.8 Å². The van der Waals surface area contributed by atoms with E-state index in [2.05, 4.69) is 5.32 Å². The zero-order valence-corrected chi connectivity index (χ0v) is 15.9. The molecule has 7 nitrogen and oxygen atoms in total. The Balaban J connectivity index is 1.67. The fourth-order valence-electron chi connectivity index (χ4n) is 2.86. The van der Waals surface area contributed by atoms with Crippen molar-refractivity contribution < 1.29 is 23.9 Å². The predicted molar refractivity (Wildman–Crippen MR) is 100 cm³/mol. The van der Waals surface area contributed by atoms with Gasteiger partial charge in [-0.15, -0.1) is 11.3 Å². The molecule has 2 aromatic rings. The molecule has 0 bridgehead atoms. The molecule has 0 fully saturated rings. The minimum Gasteiger partial charge on any atom is -0.460 e. The Bertz CT molecular complexity index is 928. The molecule has 0 saturated carbocycles. The molecule has 0 atom stereocenters. The van der Waals surface area contributed by atoms with Gasteiger partial charge in [0.05, 0.1) is 23.2 Å². The summed E-state index contributed by atoms with van der Waals surface area (Å²) in [6.07, 6.45) is 0. The Labute approximate surface area is 159 Å². The lowest BCUT2D eigenvalue weighted by Gasteiger charge is -2.14. The van der Waals surface area contributed by atoms with Crippen molar-refractivity contribution in [3.8, 4) is 0 Å². The number of aryl methyl sites for hydroxylation is 1. The third kappa shape index (κ3) is 3.48. The van der Waals surface area contributed by atoms with Gasteiger partial charge in [-0.25, -0.2) is 4.79 Å². The van der Waals surface area contributed by atoms with Crippen LogP contribution in [0.4, 0.5) is 5.00 Å². The van der Waals surface area contributed by atoms with Crippen molar-refractivity contribution in [2.45, 2.75) is 20.8 Å². The van der Waals surface area contributed by atoms with Crippen LogP contribution in [-0.4, -0.2) is 41.7 Å². The van der Waals surface area contributed by atoms with E-state index in [1.165, 1.54) is 18.3 Å². The molecular formula is C19H18N2O5S.